The lowest BCUT2D eigenvalue weighted by atomic mass is 10.1. The van der Waals surface area contributed by atoms with Gasteiger partial charge < -0.3 is 5.73 Å². The molecule has 19 heavy (non-hydrogen) atoms. The summed E-state index contributed by atoms with van der Waals surface area (Å²) in [4.78, 5) is 27.4. The van der Waals surface area contributed by atoms with Crippen LogP contribution in [0.15, 0.2) is 0 Å². The maximum absolute atomic E-state index is 11.6. The molecule has 2 aromatic rings. The fraction of sp³-hybridized carbons (Fsp3) is 0.417. The van der Waals surface area contributed by atoms with E-state index in [2.05, 4.69) is 15.2 Å². The second-order valence-corrected chi connectivity index (χ2v) is 4.17. The van der Waals surface area contributed by atoms with Crippen LogP contribution in [0.3, 0.4) is 0 Å². The quantitative estimate of drug-likeness (QED) is 0.793. The number of fused-ring (bicyclic) bond motifs is 1. The third-order valence-corrected chi connectivity index (χ3v) is 2.85. The fourth-order valence-corrected chi connectivity index (χ4v) is 1.74. The van der Waals surface area contributed by atoms with Crippen molar-refractivity contribution in [1.29, 1.82) is 0 Å². The topological polar surface area (TPSA) is 103 Å². The van der Waals surface area contributed by atoms with Crippen LogP contribution in [0.2, 0.25) is 0 Å². The normalized spacial score (nSPS) is 12.2. The van der Waals surface area contributed by atoms with Crippen LogP contribution >= 0.6 is 0 Å². The molecule has 0 fully saturated rings. The first kappa shape index (κ1) is 13.1. The van der Waals surface area contributed by atoms with Crippen LogP contribution in [0, 0.1) is 0 Å². The number of rotatable bonds is 5. The number of Topliss-reactive ketones (excluding diaryl/α,β-unsaturated/α-hetero) is 2. The van der Waals surface area contributed by atoms with Crippen LogP contribution in [0.1, 0.15) is 32.4 Å². The van der Waals surface area contributed by atoms with E-state index in [1.54, 1.807) is 13.8 Å². The molecule has 2 N–H and O–H groups in total. The Morgan fingerprint density at radius 3 is 2.63 bits per heavy atom. The lowest BCUT2D eigenvalue weighted by Gasteiger charge is -1.95. The molecule has 0 spiro atoms. The molecule has 0 aliphatic heterocycles. The molecule has 0 saturated heterocycles. The van der Waals surface area contributed by atoms with E-state index in [-0.39, 0.29) is 23.9 Å². The highest BCUT2D eigenvalue weighted by molar-refractivity contribution is 6.05. The number of nitrogens with two attached hydrogens (primary N) is 1. The van der Waals surface area contributed by atoms with Gasteiger partial charge in [-0.05, 0) is 0 Å². The van der Waals surface area contributed by atoms with Gasteiger partial charge in [-0.25, -0.2) is 9.38 Å². The number of nitrogen functional groups attached to an aromatic ring is 1. The van der Waals surface area contributed by atoms with Crippen molar-refractivity contribution in [3.05, 3.63) is 11.0 Å². The Balaban J connectivity index is 2.63. The Kier molecular flexibility index (Phi) is 3.55. The molecule has 100 valence electrons. The van der Waals surface area contributed by atoms with Gasteiger partial charge >= 0.3 is 0 Å². The highest BCUT2D eigenvalue weighted by Crippen LogP contribution is 2.03. The Morgan fingerprint density at radius 2 is 2.00 bits per heavy atom. The van der Waals surface area contributed by atoms with E-state index in [0.29, 0.717) is 29.7 Å². The third-order valence-electron chi connectivity index (χ3n) is 2.85. The van der Waals surface area contributed by atoms with Gasteiger partial charge in [0.15, 0.2) is 5.78 Å². The monoisotopic (exact) mass is 261 g/mol. The van der Waals surface area contributed by atoms with Crippen molar-refractivity contribution in [2.24, 2.45) is 0 Å². The molecule has 2 aromatic heterocycles. The number of imidazole rings is 1. The van der Waals surface area contributed by atoms with Crippen molar-refractivity contribution < 1.29 is 9.59 Å². The number of nitrogens with zero attached hydrogens (tertiary/aromatic N) is 4. The average molecular weight is 261 g/mol. The van der Waals surface area contributed by atoms with E-state index in [1.165, 1.54) is 10.5 Å². The van der Waals surface area contributed by atoms with Crippen LogP contribution in [0.25, 0.3) is 11.9 Å². The van der Waals surface area contributed by atoms with Crippen molar-refractivity contribution in [3.8, 4) is 0 Å². The number of aromatic nitrogens is 4. The molecule has 0 aliphatic carbocycles. The van der Waals surface area contributed by atoms with E-state index in [1.807, 2.05) is 0 Å². The summed E-state index contributed by atoms with van der Waals surface area (Å²) < 4.78 is 1.49. The molecule has 0 atom stereocenters. The Hall–Kier alpha value is -2.31. The lowest BCUT2D eigenvalue weighted by molar-refractivity contribution is -0.118. The highest BCUT2D eigenvalue weighted by atomic mass is 16.1. The molecule has 2 rings (SSSR count). The van der Waals surface area contributed by atoms with Crippen molar-refractivity contribution in [3.63, 3.8) is 0 Å². The lowest BCUT2D eigenvalue weighted by Crippen LogP contribution is -2.20. The van der Waals surface area contributed by atoms with Crippen LogP contribution in [-0.2, 0) is 16.0 Å². The van der Waals surface area contributed by atoms with Crippen LogP contribution < -0.4 is 11.1 Å². The highest BCUT2D eigenvalue weighted by Gasteiger charge is 2.14. The first-order chi connectivity index (χ1) is 9.06. The van der Waals surface area contributed by atoms with Crippen molar-refractivity contribution in [2.45, 2.75) is 33.1 Å². The molecule has 7 nitrogen and oxygen atoms in total. The summed E-state index contributed by atoms with van der Waals surface area (Å²) in [7, 11) is 0. The second kappa shape index (κ2) is 5.13. The molecule has 0 saturated carbocycles. The molecule has 0 unspecified atom stereocenters. The largest absolute Gasteiger partial charge is 0.368 e. The smallest absolute Gasteiger partial charge is 0.257 e. The molecular weight excluding hydrogens is 246 g/mol. The van der Waals surface area contributed by atoms with E-state index in [4.69, 9.17) is 5.73 Å². The van der Waals surface area contributed by atoms with Gasteiger partial charge in [0.05, 0.1) is 17.5 Å². The maximum Gasteiger partial charge on any atom is 0.257 e. The molecule has 0 aromatic carbocycles. The molecule has 0 radical (unpaired) electrons. The van der Waals surface area contributed by atoms with Gasteiger partial charge in [-0.2, -0.15) is 0 Å². The molecular formula is C12H15N5O2. The first-order valence-corrected chi connectivity index (χ1v) is 6.12. The van der Waals surface area contributed by atoms with Crippen molar-refractivity contribution in [1.82, 2.24) is 19.6 Å². The zero-order valence-electron chi connectivity index (χ0n) is 10.9. The summed E-state index contributed by atoms with van der Waals surface area (Å²) in [5.74, 6) is 0.456. The number of hydrogen-bond acceptors (Lipinski definition) is 6. The van der Waals surface area contributed by atoms with Crippen LogP contribution in [0.5, 0.6) is 0 Å². The van der Waals surface area contributed by atoms with Gasteiger partial charge in [-0.15, -0.1) is 10.2 Å². The first-order valence-electron chi connectivity index (χ1n) is 6.12. The van der Waals surface area contributed by atoms with Crippen LogP contribution in [-0.4, -0.2) is 31.1 Å². The minimum absolute atomic E-state index is 0.0471. The van der Waals surface area contributed by atoms with Crippen molar-refractivity contribution in [2.75, 3.05) is 5.73 Å². The number of ketones is 2. The molecule has 7 heteroatoms. The number of anilines is 1. The predicted molar refractivity (Wildman–Crippen MR) is 69.2 cm³/mol. The summed E-state index contributed by atoms with van der Waals surface area (Å²) in [6.07, 6.45) is 2.40. The van der Waals surface area contributed by atoms with E-state index in [0.717, 1.165) is 0 Å². The third kappa shape index (κ3) is 2.44. The Morgan fingerprint density at radius 1 is 1.26 bits per heavy atom. The average Bonchev–Trinajstić information content (AvgIpc) is 2.91. The zero-order valence-corrected chi connectivity index (χ0v) is 10.9. The van der Waals surface area contributed by atoms with E-state index in [9.17, 15) is 9.59 Å². The maximum atomic E-state index is 11.6. The summed E-state index contributed by atoms with van der Waals surface area (Å²) >= 11 is 0. The Labute approximate surface area is 109 Å². The van der Waals surface area contributed by atoms with Gasteiger partial charge in [-0.1, -0.05) is 13.8 Å². The Bertz CT molecular complexity index is 689. The molecule has 0 aliphatic rings. The van der Waals surface area contributed by atoms with E-state index < -0.39 is 0 Å². The summed E-state index contributed by atoms with van der Waals surface area (Å²) in [5, 5.41) is 8.01. The molecule has 0 bridgehead atoms. The minimum atomic E-state index is -0.0624. The summed E-state index contributed by atoms with van der Waals surface area (Å²) in [6.45, 7) is 3.55. The fourth-order valence-electron chi connectivity index (χ4n) is 1.74. The number of carbonyl (C=O) groups is 2. The van der Waals surface area contributed by atoms with Gasteiger partial charge in [0.1, 0.15) is 5.78 Å². The zero-order chi connectivity index (χ0) is 14.0. The molecule has 2 heterocycles. The number of carbonyl (C=O) groups excluding carboxylic acids is 2. The summed E-state index contributed by atoms with van der Waals surface area (Å²) in [5.41, 5.74) is 6.22. The van der Waals surface area contributed by atoms with Gasteiger partial charge in [-0.3, -0.25) is 9.59 Å². The van der Waals surface area contributed by atoms with Gasteiger partial charge in [0.25, 0.3) is 5.78 Å². The SMILES string of the molecule is CCC(=O)C=c1c(CC(=O)CC)nc2nnc(N)n12. The minimum Gasteiger partial charge on any atom is -0.368 e. The standard InChI is InChI=1S/C12H15N5O2/c1-3-7(18)5-9-10(6-8(19)4-2)17-11(13)15-16-12(17)14-9/h6H,3-5H2,1-2H3,(H2,13,15). The van der Waals surface area contributed by atoms with E-state index >= 15 is 0 Å². The van der Waals surface area contributed by atoms with Crippen molar-refractivity contribution >= 4 is 29.4 Å². The second-order valence-electron chi connectivity index (χ2n) is 4.17. The van der Waals surface area contributed by atoms with Gasteiger partial charge in [0, 0.05) is 18.9 Å². The number of hydrogen-bond donors (Lipinski definition) is 1. The molecule has 0 amide bonds. The summed E-state index contributed by atoms with van der Waals surface area (Å²) in [6, 6.07) is 0. The van der Waals surface area contributed by atoms with Gasteiger partial charge in [0.2, 0.25) is 5.95 Å². The van der Waals surface area contributed by atoms with Crippen LogP contribution in [0.4, 0.5) is 5.95 Å². The predicted octanol–water partition coefficient (Wildman–Crippen LogP) is -0.293.